The Kier molecular flexibility index (Phi) is 7.09. The lowest BCUT2D eigenvalue weighted by atomic mass is 10.1. The number of aliphatic hydroxyl groups excluding tert-OH is 1. The number of unbranched alkanes of at least 4 members (excludes halogenated alkanes) is 1. The maximum atomic E-state index is 8.68. The number of nitrogens with one attached hydrogen (secondary N) is 1. The van der Waals surface area contributed by atoms with Gasteiger partial charge < -0.3 is 15.2 Å². The number of rotatable bonds is 8. The topological polar surface area (TPSA) is 41.5 Å². The van der Waals surface area contributed by atoms with Crippen LogP contribution >= 0.6 is 11.6 Å². The first-order chi connectivity index (χ1) is 8.69. The molecule has 0 radical (unpaired) electrons. The molecule has 102 valence electrons. The smallest absolute Gasteiger partial charge is 0.137 e. The Morgan fingerprint density at radius 1 is 1.39 bits per heavy atom. The summed E-state index contributed by atoms with van der Waals surface area (Å²) in [4.78, 5) is 0. The van der Waals surface area contributed by atoms with Gasteiger partial charge in [0.15, 0.2) is 0 Å². The van der Waals surface area contributed by atoms with Crippen molar-refractivity contribution in [2.75, 3.05) is 19.8 Å². The minimum absolute atomic E-state index is 0.205. The molecule has 0 bridgehead atoms. The van der Waals surface area contributed by atoms with Crippen molar-refractivity contribution in [3.63, 3.8) is 0 Å². The lowest BCUT2D eigenvalue weighted by Gasteiger charge is -2.14. The molecular formula is C14H22ClNO2. The van der Waals surface area contributed by atoms with E-state index in [-0.39, 0.29) is 12.6 Å². The van der Waals surface area contributed by atoms with Crippen LogP contribution in [-0.4, -0.2) is 24.9 Å². The fourth-order valence-electron chi connectivity index (χ4n) is 1.72. The van der Waals surface area contributed by atoms with Crippen molar-refractivity contribution in [3.05, 3.63) is 28.8 Å². The Morgan fingerprint density at radius 3 is 2.78 bits per heavy atom. The molecule has 0 fully saturated rings. The highest BCUT2D eigenvalue weighted by molar-refractivity contribution is 6.32. The van der Waals surface area contributed by atoms with Crippen molar-refractivity contribution in [2.24, 2.45) is 0 Å². The summed E-state index contributed by atoms with van der Waals surface area (Å²) in [7, 11) is 0. The van der Waals surface area contributed by atoms with Crippen molar-refractivity contribution in [3.8, 4) is 5.75 Å². The lowest BCUT2D eigenvalue weighted by Crippen LogP contribution is -2.17. The molecule has 18 heavy (non-hydrogen) atoms. The molecule has 2 N–H and O–H groups in total. The van der Waals surface area contributed by atoms with Gasteiger partial charge in [0.05, 0.1) is 11.6 Å². The zero-order chi connectivity index (χ0) is 13.4. The third-order valence-corrected chi connectivity index (χ3v) is 3.07. The fraction of sp³-hybridized carbons (Fsp3) is 0.571. The van der Waals surface area contributed by atoms with E-state index in [4.69, 9.17) is 21.4 Å². The average Bonchev–Trinajstić information content (AvgIpc) is 2.36. The number of hydrogen-bond acceptors (Lipinski definition) is 3. The van der Waals surface area contributed by atoms with Crippen LogP contribution in [0.2, 0.25) is 5.02 Å². The molecule has 1 aromatic carbocycles. The zero-order valence-corrected chi connectivity index (χ0v) is 11.8. The average molecular weight is 272 g/mol. The Balaban J connectivity index is 2.56. The van der Waals surface area contributed by atoms with E-state index in [2.05, 4.69) is 19.2 Å². The molecular weight excluding hydrogens is 250 g/mol. The summed E-state index contributed by atoms with van der Waals surface area (Å²) in [5.74, 6) is 0.710. The van der Waals surface area contributed by atoms with E-state index in [1.54, 1.807) is 0 Å². The summed E-state index contributed by atoms with van der Waals surface area (Å²) in [5.41, 5.74) is 1.16. The van der Waals surface area contributed by atoms with Crippen molar-refractivity contribution in [1.82, 2.24) is 5.32 Å². The van der Waals surface area contributed by atoms with Gasteiger partial charge in [0.25, 0.3) is 0 Å². The monoisotopic (exact) mass is 271 g/mol. The van der Waals surface area contributed by atoms with Gasteiger partial charge in [-0.1, -0.05) is 24.6 Å². The molecule has 0 aliphatic heterocycles. The number of ether oxygens (including phenoxy) is 1. The van der Waals surface area contributed by atoms with Gasteiger partial charge in [-0.25, -0.2) is 0 Å². The number of aliphatic hydroxyl groups is 1. The first kappa shape index (κ1) is 15.3. The Labute approximate surface area is 114 Å². The highest BCUT2D eigenvalue weighted by atomic mass is 35.5. The maximum absolute atomic E-state index is 8.68. The van der Waals surface area contributed by atoms with Crippen LogP contribution in [-0.2, 0) is 0 Å². The van der Waals surface area contributed by atoms with Crippen LogP contribution in [0.1, 0.15) is 38.3 Å². The standard InChI is InChI=1S/C14H22ClNO2/c1-3-16-11(2)12-6-7-14(13(15)10-12)18-9-5-4-8-17/h6-7,10-11,16-17H,3-5,8-9H2,1-2H3. The van der Waals surface area contributed by atoms with Gasteiger partial charge in [0, 0.05) is 12.6 Å². The van der Waals surface area contributed by atoms with E-state index in [1.165, 1.54) is 0 Å². The second-order valence-corrected chi connectivity index (χ2v) is 4.66. The molecule has 3 nitrogen and oxygen atoms in total. The van der Waals surface area contributed by atoms with Gasteiger partial charge in [-0.2, -0.15) is 0 Å². The molecule has 0 saturated carbocycles. The van der Waals surface area contributed by atoms with Crippen LogP contribution in [0.3, 0.4) is 0 Å². The fourth-order valence-corrected chi connectivity index (χ4v) is 1.97. The van der Waals surface area contributed by atoms with E-state index in [1.807, 2.05) is 18.2 Å². The van der Waals surface area contributed by atoms with Gasteiger partial charge in [-0.05, 0) is 44.0 Å². The van der Waals surface area contributed by atoms with Gasteiger partial charge in [0.1, 0.15) is 5.75 Å². The maximum Gasteiger partial charge on any atom is 0.137 e. The Morgan fingerprint density at radius 2 is 2.17 bits per heavy atom. The number of halogens is 1. The van der Waals surface area contributed by atoms with Crippen LogP contribution in [0, 0.1) is 0 Å². The second kappa shape index (κ2) is 8.35. The summed E-state index contributed by atoms with van der Waals surface area (Å²) in [6.07, 6.45) is 1.59. The minimum Gasteiger partial charge on any atom is -0.492 e. The quantitative estimate of drug-likeness (QED) is 0.714. The first-order valence-electron chi connectivity index (χ1n) is 6.45. The third kappa shape index (κ3) is 4.84. The van der Waals surface area contributed by atoms with E-state index in [9.17, 15) is 0 Å². The molecule has 4 heteroatoms. The predicted octanol–water partition coefficient (Wildman–Crippen LogP) is 3.16. The molecule has 1 unspecified atom stereocenters. The van der Waals surface area contributed by atoms with Crippen molar-refractivity contribution in [2.45, 2.75) is 32.7 Å². The summed E-state index contributed by atoms with van der Waals surface area (Å²) >= 11 is 6.18. The van der Waals surface area contributed by atoms with E-state index >= 15 is 0 Å². The third-order valence-electron chi connectivity index (χ3n) is 2.78. The highest BCUT2D eigenvalue weighted by Crippen LogP contribution is 2.28. The van der Waals surface area contributed by atoms with Crippen LogP contribution < -0.4 is 10.1 Å². The Bertz CT molecular complexity index is 358. The summed E-state index contributed by atoms with van der Waals surface area (Å²) < 4.78 is 5.57. The van der Waals surface area contributed by atoms with Crippen LogP contribution in [0.15, 0.2) is 18.2 Å². The van der Waals surface area contributed by atoms with Crippen LogP contribution in [0.4, 0.5) is 0 Å². The molecule has 0 saturated heterocycles. The summed E-state index contributed by atoms with van der Waals surface area (Å²) in [6.45, 7) is 5.91. The van der Waals surface area contributed by atoms with E-state index in [0.29, 0.717) is 17.4 Å². The molecule has 0 aromatic heterocycles. The minimum atomic E-state index is 0.205. The molecule has 0 spiro atoms. The van der Waals surface area contributed by atoms with Crippen LogP contribution in [0.5, 0.6) is 5.75 Å². The van der Waals surface area contributed by atoms with Crippen molar-refractivity contribution in [1.29, 1.82) is 0 Å². The van der Waals surface area contributed by atoms with Gasteiger partial charge >= 0.3 is 0 Å². The SMILES string of the molecule is CCNC(C)c1ccc(OCCCCO)c(Cl)c1. The zero-order valence-electron chi connectivity index (χ0n) is 11.1. The molecule has 1 atom stereocenters. The Hall–Kier alpha value is -0.770. The van der Waals surface area contributed by atoms with Gasteiger partial charge in [-0.15, -0.1) is 0 Å². The summed E-state index contributed by atoms with van der Waals surface area (Å²) in [5, 5.41) is 12.7. The van der Waals surface area contributed by atoms with E-state index in [0.717, 1.165) is 24.9 Å². The summed E-state index contributed by atoms with van der Waals surface area (Å²) in [6, 6.07) is 6.16. The van der Waals surface area contributed by atoms with Crippen molar-refractivity contribution >= 4 is 11.6 Å². The normalized spacial score (nSPS) is 12.4. The molecule has 0 aliphatic carbocycles. The lowest BCUT2D eigenvalue weighted by molar-refractivity contribution is 0.253. The molecule has 0 aliphatic rings. The first-order valence-corrected chi connectivity index (χ1v) is 6.83. The molecule has 1 rings (SSSR count). The van der Waals surface area contributed by atoms with Gasteiger partial charge in [0.2, 0.25) is 0 Å². The van der Waals surface area contributed by atoms with E-state index < -0.39 is 0 Å². The van der Waals surface area contributed by atoms with Crippen LogP contribution in [0.25, 0.3) is 0 Å². The molecule has 1 aromatic rings. The number of benzene rings is 1. The van der Waals surface area contributed by atoms with Gasteiger partial charge in [-0.3, -0.25) is 0 Å². The highest BCUT2D eigenvalue weighted by Gasteiger charge is 2.07. The molecule has 0 heterocycles. The predicted molar refractivity (Wildman–Crippen MR) is 75.4 cm³/mol. The largest absolute Gasteiger partial charge is 0.492 e. The number of hydrogen-bond donors (Lipinski definition) is 2. The molecule has 0 amide bonds. The van der Waals surface area contributed by atoms with Crippen molar-refractivity contribution < 1.29 is 9.84 Å². The second-order valence-electron chi connectivity index (χ2n) is 4.25.